The third-order valence-electron chi connectivity index (χ3n) is 4.81. The van der Waals surface area contributed by atoms with E-state index in [2.05, 4.69) is 47.8 Å². The second kappa shape index (κ2) is 11.1. The molecule has 3 heterocycles. The van der Waals surface area contributed by atoms with Crippen molar-refractivity contribution >= 4 is 23.5 Å². The zero-order valence-electron chi connectivity index (χ0n) is 18.3. The number of aromatic nitrogens is 3. The number of hydrogen-bond donors (Lipinski definition) is 3. The van der Waals surface area contributed by atoms with Crippen LogP contribution in [0.5, 0.6) is 0 Å². The lowest BCUT2D eigenvalue weighted by Gasteiger charge is -2.26. The van der Waals surface area contributed by atoms with Crippen LogP contribution in [-0.4, -0.2) is 65.4 Å². The largest absolute Gasteiger partial charge is 0.379 e. The van der Waals surface area contributed by atoms with Crippen LogP contribution in [0.15, 0.2) is 47.2 Å². The van der Waals surface area contributed by atoms with E-state index in [0.717, 1.165) is 45.0 Å². The summed E-state index contributed by atoms with van der Waals surface area (Å²) in [6.07, 6.45) is 3.37. The van der Waals surface area contributed by atoms with E-state index in [4.69, 9.17) is 9.26 Å². The van der Waals surface area contributed by atoms with Crippen LogP contribution in [0.2, 0.25) is 0 Å². The van der Waals surface area contributed by atoms with Gasteiger partial charge < -0.3 is 19.9 Å². The van der Waals surface area contributed by atoms with Crippen molar-refractivity contribution in [2.75, 3.05) is 55.3 Å². The molecule has 4 rings (SSSR count). The predicted octanol–water partition coefficient (Wildman–Crippen LogP) is 2.56. The average Bonchev–Trinajstić information content (AvgIpc) is 3.23. The molecule has 33 heavy (non-hydrogen) atoms. The first-order chi connectivity index (χ1) is 16.1. The Balaban J connectivity index is 1.28. The minimum absolute atomic E-state index is 0.347. The topological polar surface area (TPSA) is 117 Å². The summed E-state index contributed by atoms with van der Waals surface area (Å²) in [5, 5.41) is 12.3. The summed E-state index contributed by atoms with van der Waals surface area (Å²) < 4.78 is 10.3. The average molecular weight is 447 g/mol. The molecule has 10 heteroatoms. The highest BCUT2D eigenvalue weighted by atomic mass is 16.5. The van der Waals surface area contributed by atoms with Crippen molar-refractivity contribution < 1.29 is 14.1 Å². The fourth-order valence-corrected chi connectivity index (χ4v) is 3.16. The van der Waals surface area contributed by atoms with Crippen molar-refractivity contribution in [3.05, 3.63) is 59.6 Å². The first-order valence-electron chi connectivity index (χ1n) is 10.6. The number of aryl methyl sites for hydroxylation is 1. The van der Waals surface area contributed by atoms with Crippen molar-refractivity contribution in [2.45, 2.75) is 6.92 Å². The van der Waals surface area contributed by atoms with Gasteiger partial charge in [0.15, 0.2) is 5.82 Å². The summed E-state index contributed by atoms with van der Waals surface area (Å²) in [6.45, 7) is 6.94. The van der Waals surface area contributed by atoms with Gasteiger partial charge in [0.05, 0.1) is 18.8 Å². The van der Waals surface area contributed by atoms with Crippen molar-refractivity contribution in [1.29, 1.82) is 0 Å². The van der Waals surface area contributed by atoms with E-state index >= 15 is 0 Å². The molecule has 0 aliphatic carbocycles. The monoisotopic (exact) mass is 447 g/mol. The SMILES string of the molecule is Cc1cc(NC(=O)Nc2cccc(C#Cc3cnc(NCCN4CCOCC4)nc3)c2)no1. The smallest absolute Gasteiger partial charge is 0.324 e. The quantitative estimate of drug-likeness (QED) is 0.494. The molecule has 1 aliphatic heterocycles. The number of benzene rings is 1. The first-order valence-corrected chi connectivity index (χ1v) is 10.6. The fourth-order valence-electron chi connectivity index (χ4n) is 3.16. The van der Waals surface area contributed by atoms with Crippen molar-refractivity contribution in [3.63, 3.8) is 0 Å². The zero-order chi connectivity index (χ0) is 22.9. The van der Waals surface area contributed by atoms with Gasteiger partial charge in [0.1, 0.15) is 5.76 Å². The Hall–Kier alpha value is -3.94. The Kier molecular flexibility index (Phi) is 7.48. The van der Waals surface area contributed by atoms with Crippen LogP contribution in [0.4, 0.5) is 22.2 Å². The molecule has 0 atom stereocenters. The summed E-state index contributed by atoms with van der Waals surface area (Å²) >= 11 is 0. The van der Waals surface area contributed by atoms with Crippen LogP contribution >= 0.6 is 0 Å². The van der Waals surface area contributed by atoms with Gasteiger partial charge >= 0.3 is 6.03 Å². The highest BCUT2D eigenvalue weighted by molar-refractivity contribution is 5.99. The molecule has 3 aromatic rings. The molecule has 1 fully saturated rings. The van der Waals surface area contributed by atoms with E-state index < -0.39 is 6.03 Å². The van der Waals surface area contributed by atoms with Gasteiger partial charge in [-0.3, -0.25) is 10.2 Å². The number of anilines is 3. The molecule has 10 nitrogen and oxygen atoms in total. The number of hydrogen-bond acceptors (Lipinski definition) is 8. The fraction of sp³-hybridized carbons (Fsp3) is 0.304. The summed E-state index contributed by atoms with van der Waals surface area (Å²) in [4.78, 5) is 23.1. The Morgan fingerprint density at radius 3 is 2.64 bits per heavy atom. The van der Waals surface area contributed by atoms with Gasteiger partial charge in [-0.25, -0.2) is 14.8 Å². The maximum atomic E-state index is 12.1. The standard InChI is InChI=1S/C23H25N7O3/c1-17-13-21(29-33-17)28-23(31)27-20-4-2-3-18(14-20)5-6-19-15-25-22(26-16-19)24-7-8-30-9-11-32-12-10-30/h2-4,13-16H,7-12H2,1H3,(H,24,25,26)(H2,27,28,29,31). The molecule has 0 spiro atoms. The van der Waals surface area contributed by atoms with Crippen LogP contribution in [0.25, 0.3) is 0 Å². The predicted molar refractivity (Wildman–Crippen MR) is 124 cm³/mol. The molecule has 2 aromatic heterocycles. The molecular formula is C23H25N7O3. The Morgan fingerprint density at radius 1 is 1.09 bits per heavy atom. The van der Waals surface area contributed by atoms with Gasteiger partial charge in [-0.05, 0) is 25.1 Å². The Bertz CT molecular complexity index is 1130. The van der Waals surface area contributed by atoms with Crippen LogP contribution in [0, 0.1) is 18.8 Å². The van der Waals surface area contributed by atoms with E-state index in [-0.39, 0.29) is 0 Å². The number of carbonyl (C=O) groups excluding carboxylic acids is 1. The third-order valence-corrected chi connectivity index (χ3v) is 4.81. The lowest BCUT2D eigenvalue weighted by molar-refractivity contribution is 0.0398. The highest BCUT2D eigenvalue weighted by Gasteiger charge is 2.09. The van der Waals surface area contributed by atoms with Gasteiger partial charge in [-0.15, -0.1) is 0 Å². The van der Waals surface area contributed by atoms with E-state index in [0.29, 0.717) is 28.8 Å². The number of morpholine rings is 1. The molecule has 170 valence electrons. The second-order valence-electron chi connectivity index (χ2n) is 7.41. The summed E-state index contributed by atoms with van der Waals surface area (Å²) in [5.41, 5.74) is 2.06. The van der Waals surface area contributed by atoms with Crippen molar-refractivity contribution in [2.24, 2.45) is 0 Å². The molecule has 1 aliphatic rings. The number of carbonyl (C=O) groups is 1. The molecule has 1 saturated heterocycles. The van der Waals surface area contributed by atoms with E-state index in [1.54, 1.807) is 37.5 Å². The van der Waals surface area contributed by atoms with E-state index in [1.807, 2.05) is 12.1 Å². The van der Waals surface area contributed by atoms with Gasteiger partial charge in [0, 0.05) is 55.9 Å². The minimum atomic E-state index is -0.418. The normalized spacial score (nSPS) is 13.6. The van der Waals surface area contributed by atoms with Gasteiger partial charge in [-0.1, -0.05) is 23.1 Å². The maximum Gasteiger partial charge on any atom is 0.324 e. The summed E-state index contributed by atoms with van der Waals surface area (Å²) in [5.74, 6) is 7.65. The minimum Gasteiger partial charge on any atom is -0.379 e. The number of nitrogens with zero attached hydrogens (tertiary/aromatic N) is 4. The number of urea groups is 1. The molecular weight excluding hydrogens is 422 g/mol. The van der Waals surface area contributed by atoms with Crippen LogP contribution in [0.1, 0.15) is 16.9 Å². The van der Waals surface area contributed by atoms with E-state index in [9.17, 15) is 4.79 Å². The summed E-state index contributed by atoms with van der Waals surface area (Å²) in [7, 11) is 0. The molecule has 0 unspecified atom stereocenters. The summed E-state index contributed by atoms with van der Waals surface area (Å²) in [6, 6.07) is 8.45. The third kappa shape index (κ3) is 7.03. The number of rotatable bonds is 6. The lowest BCUT2D eigenvalue weighted by Crippen LogP contribution is -2.39. The molecule has 2 amide bonds. The van der Waals surface area contributed by atoms with Gasteiger partial charge in [-0.2, -0.15) is 0 Å². The Labute approximate surface area is 191 Å². The lowest BCUT2D eigenvalue weighted by atomic mass is 10.2. The molecule has 1 aromatic carbocycles. The number of amides is 2. The van der Waals surface area contributed by atoms with Crippen molar-refractivity contribution in [1.82, 2.24) is 20.0 Å². The van der Waals surface area contributed by atoms with Gasteiger partial charge in [0.2, 0.25) is 5.95 Å². The second-order valence-corrected chi connectivity index (χ2v) is 7.41. The van der Waals surface area contributed by atoms with Crippen LogP contribution in [0.3, 0.4) is 0 Å². The van der Waals surface area contributed by atoms with E-state index in [1.165, 1.54) is 0 Å². The molecule has 0 bridgehead atoms. The van der Waals surface area contributed by atoms with Crippen LogP contribution < -0.4 is 16.0 Å². The number of ether oxygens (including phenoxy) is 1. The highest BCUT2D eigenvalue weighted by Crippen LogP contribution is 2.12. The van der Waals surface area contributed by atoms with Gasteiger partial charge in [0.25, 0.3) is 0 Å². The van der Waals surface area contributed by atoms with Crippen LogP contribution in [-0.2, 0) is 4.74 Å². The molecule has 0 saturated carbocycles. The first kappa shape index (κ1) is 22.3. The molecule has 3 N–H and O–H groups in total. The molecule has 0 radical (unpaired) electrons. The Morgan fingerprint density at radius 2 is 1.88 bits per heavy atom. The maximum absolute atomic E-state index is 12.1. The number of nitrogens with one attached hydrogen (secondary N) is 3. The van der Waals surface area contributed by atoms with Crippen molar-refractivity contribution in [3.8, 4) is 11.8 Å². The zero-order valence-corrected chi connectivity index (χ0v) is 18.3.